The number of nitrogen functional groups attached to an aromatic ring is 1. The van der Waals surface area contributed by atoms with Crippen molar-refractivity contribution in [2.45, 2.75) is 13.0 Å². The minimum Gasteiger partial charge on any atom is -0.302 e. The van der Waals surface area contributed by atoms with Gasteiger partial charge in [-0.2, -0.15) is 0 Å². The predicted molar refractivity (Wildman–Crippen MR) is 80.2 cm³/mol. The molecule has 0 atom stereocenters. The Morgan fingerprint density at radius 3 is 2.85 bits per heavy atom. The highest BCUT2D eigenvalue weighted by atomic mass is 32.1. The van der Waals surface area contributed by atoms with Gasteiger partial charge in [0.1, 0.15) is 0 Å². The van der Waals surface area contributed by atoms with Gasteiger partial charge in [0, 0.05) is 25.5 Å². The molecule has 1 amide bonds. The van der Waals surface area contributed by atoms with Gasteiger partial charge in [-0.25, -0.2) is 5.84 Å². The van der Waals surface area contributed by atoms with E-state index in [0.717, 1.165) is 25.1 Å². The van der Waals surface area contributed by atoms with Crippen molar-refractivity contribution >= 4 is 17.2 Å². The number of nitrogens with two attached hydrogens (primary N) is 1. The normalized spacial score (nSPS) is 10.8. The molecule has 6 heteroatoms. The van der Waals surface area contributed by atoms with Gasteiger partial charge in [0.2, 0.25) is 0 Å². The molecule has 0 aliphatic heterocycles. The molecule has 0 spiro atoms. The van der Waals surface area contributed by atoms with Gasteiger partial charge in [-0.15, -0.1) is 11.3 Å². The molecule has 3 N–H and O–H groups in total. The van der Waals surface area contributed by atoms with E-state index in [-0.39, 0.29) is 5.91 Å². The minimum atomic E-state index is -0.225. The molecule has 0 saturated carbocycles. The topological polar surface area (TPSA) is 71.2 Å². The van der Waals surface area contributed by atoms with Crippen LogP contribution in [0.4, 0.5) is 0 Å². The largest absolute Gasteiger partial charge is 0.302 e. The third-order valence-electron chi connectivity index (χ3n) is 3.06. The Hall–Kier alpha value is -1.76. The summed E-state index contributed by atoms with van der Waals surface area (Å²) in [7, 11) is 2.04. The van der Waals surface area contributed by atoms with Crippen molar-refractivity contribution in [1.29, 1.82) is 0 Å². The summed E-state index contributed by atoms with van der Waals surface area (Å²) in [6.45, 7) is 1.65. The maximum atomic E-state index is 11.6. The molecule has 0 unspecified atom stereocenters. The average Bonchev–Trinajstić information content (AvgIpc) is 2.93. The highest BCUT2D eigenvalue weighted by molar-refractivity contribution is 7.12. The first kappa shape index (κ1) is 14.6. The Kier molecular flexibility index (Phi) is 5.23. The van der Waals surface area contributed by atoms with E-state index in [4.69, 9.17) is 5.84 Å². The van der Waals surface area contributed by atoms with E-state index >= 15 is 0 Å². The molecule has 2 heterocycles. The summed E-state index contributed by atoms with van der Waals surface area (Å²) in [5, 5.41) is 1.91. The van der Waals surface area contributed by atoms with E-state index in [2.05, 4.69) is 15.3 Å². The van der Waals surface area contributed by atoms with E-state index in [9.17, 15) is 4.79 Å². The van der Waals surface area contributed by atoms with E-state index in [1.807, 2.05) is 30.6 Å². The third kappa shape index (κ3) is 3.86. The number of amides is 1. The maximum Gasteiger partial charge on any atom is 0.275 e. The smallest absolute Gasteiger partial charge is 0.275 e. The number of thiophene rings is 1. The fraction of sp³-hybridized carbons (Fsp3) is 0.286. The Bertz CT molecular complexity index is 555. The summed E-state index contributed by atoms with van der Waals surface area (Å²) in [5.41, 5.74) is 4.46. The molecule has 0 aliphatic carbocycles. The van der Waals surface area contributed by atoms with Crippen LogP contribution in [-0.4, -0.2) is 29.4 Å². The van der Waals surface area contributed by atoms with Crippen molar-refractivity contribution < 1.29 is 4.79 Å². The molecule has 2 aromatic heterocycles. The number of rotatable bonds is 6. The molecule has 5 nitrogen and oxygen atoms in total. The number of aromatic nitrogens is 1. The second kappa shape index (κ2) is 7.14. The number of nitrogens with zero attached hydrogens (tertiary/aromatic N) is 2. The SMILES string of the molecule is CN(CCc1ccncc1)Cc1ccsc1C(=O)NN. The van der Waals surface area contributed by atoms with E-state index in [0.29, 0.717) is 4.88 Å². The van der Waals surface area contributed by atoms with Gasteiger partial charge in [0.25, 0.3) is 5.91 Å². The molecular formula is C14H18N4OS. The molecule has 0 saturated heterocycles. The van der Waals surface area contributed by atoms with Crippen LogP contribution < -0.4 is 11.3 Å². The molecule has 0 radical (unpaired) electrons. The molecular weight excluding hydrogens is 272 g/mol. The van der Waals surface area contributed by atoms with E-state index in [1.165, 1.54) is 16.9 Å². The van der Waals surface area contributed by atoms with Gasteiger partial charge in [-0.1, -0.05) is 0 Å². The van der Waals surface area contributed by atoms with Crippen molar-refractivity contribution in [2.75, 3.05) is 13.6 Å². The highest BCUT2D eigenvalue weighted by Crippen LogP contribution is 2.18. The molecule has 2 rings (SSSR count). The second-order valence-electron chi connectivity index (χ2n) is 4.59. The first-order valence-corrected chi connectivity index (χ1v) is 7.23. The molecule has 106 valence electrons. The van der Waals surface area contributed by atoms with Gasteiger partial charge in [0.15, 0.2) is 0 Å². The zero-order valence-corrected chi connectivity index (χ0v) is 12.2. The lowest BCUT2D eigenvalue weighted by Gasteiger charge is -2.16. The molecule has 20 heavy (non-hydrogen) atoms. The number of carbonyl (C=O) groups excluding carboxylic acids is 1. The van der Waals surface area contributed by atoms with Crippen molar-refractivity contribution in [3.05, 3.63) is 52.0 Å². The van der Waals surface area contributed by atoms with Crippen LogP contribution in [0.2, 0.25) is 0 Å². The second-order valence-corrected chi connectivity index (χ2v) is 5.51. The van der Waals surface area contributed by atoms with E-state index < -0.39 is 0 Å². The Labute approximate surface area is 122 Å². The van der Waals surface area contributed by atoms with Crippen LogP contribution in [0.5, 0.6) is 0 Å². The Balaban J connectivity index is 1.90. The summed E-state index contributed by atoms with van der Waals surface area (Å²) in [6.07, 6.45) is 4.57. The zero-order chi connectivity index (χ0) is 14.4. The predicted octanol–water partition coefficient (Wildman–Crippen LogP) is 1.42. The minimum absolute atomic E-state index is 0.225. The van der Waals surface area contributed by atoms with Gasteiger partial charge >= 0.3 is 0 Å². The lowest BCUT2D eigenvalue weighted by atomic mass is 10.2. The summed E-state index contributed by atoms with van der Waals surface area (Å²) < 4.78 is 0. The number of nitrogens with one attached hydrogen (secondary N) is 1. The van der Waals surface area contributed by atoms with Crippen LogP contribution in [0.25, 0.3) is 0 Å². The lowest BCUT2D eigenvalue weighted by Crippen LogP contribution is -2.30. The van der Waals surface area contributed by atoms with Crippen molar-refractivity contribution in [3.63, 3.8) is 0 Å². The third-order valence-corrected chi connectivity index (χ3v) is 4.01. The van der Waals surface area contributed by atoms with Gasteiger partial charge in [-0.3, -0.25) is 15.2 Å². The fourth-order valence-corrected chi connectivity index (χ4v) is 2.78. The fourth-order valence-electron chi connectivity index (χ4n) is 1.96. The number of hydrazine groups is 1. The quantitative estimate of drug-likeness (QED) is 0.479. The van der Waals surface area contributed by atoms with E-state index in [1.54, 1.807) is 12.4 Å². The first-order valence-electron chi connectivity index (χ1n) is 6.35. The molecule has 0 aliphatic rings. The first-order chi connectivity index (χ1) is 9.70. The van der Waals surface area contributed by atoms with Crippen LogP contribution in [0.3, 0.4) is 0 Å². The summed E-state index contributed by atoms with van der Waals surface area (Å²) in [4.78, 5) is 18.5. The summed E-state index contributed by atoms with van der Waals surface area (Å²) in [5.74, 6) is 4.96. The Morgan fingerprint density at radius 1 is 1.40 bits per heavy atom. The summed E-state index contributed by atoms with van der Waals surface area (Å²) >= 11 is 1.41. The monoisotopic (exact) mass is 290 g/mol. The number of pyridine rings is 1. The zero-order valence-electron chi connectivity index (χ0n) is 11.4. The summed E-state index contributed by atoms with van der Waals surface area (Å²) in [6, 6.07) is 6.01. The van der Waals surface area contributed by atoms with Crippen LogP contribution in [0.1, 0.15) is 20.8 Å². The molecule has 0 fully saturated rings. The number of likely N-dealkylation sites (N-methyl/N-ethyl adjacent to an activating group) is 1. The Morgan fingerprint density at radius 2 is 2.15 bits per heavy atom. The van der Waals surface area contributed by atoms with Crippen LogP contribution in [0.15, 0.2) is 36.0 Å². The number of hydrogen-bond donors (Lipinski definition) is 2. The van der Waals surface area contributed by atoms with Gasteiger partial charge in [-0.05, 0) is 48.2 Å². The standard InChI is InChI=1S/C14H18N4OS/c1-18(8-4-11-2-6-16-7-3-11)10-12-5-9-20-13(12)14(19)17-15/h2-3,5-7,9H,4,8,10,15H2,1H3,(H,17,19). The molecule has 0 aromatic carbocycles. The van der Waals surface area contributed by atoms with Gasteiger partial charge < -0.3 is 4.90 Å². The molecule has 0 bridgehead atoms. The maximum absolute atomic E-state index is 11.6. The number of carbonyl (C=O) groups is 1. The average molecular weight is 290 g/mol. The van der Waals surface area contributed by atoms with Crippen molar-refractivity contribution in [2.24, 2.45) is 5.84 Å². The number of hydrogen-bond acceptors (Lipinski definition) is 5. The van der Waals surface area contributed by atoms with Crippen molar-refractivity contribution in [3.8, 4) is 0 Å². The lowest BCUT2D eigenvalue weighted by molar-refractivity contribution is 0.0956. The van der Waals surface area contributed by atoms with Crippen LogP contribution >= 0.6 is 11.3 Å². The van der Waals surface area contributed by atoms with Crippen molar-refractivity contribution in [1.82, 2.24) is 15.3 Å². The highest BCUT2D eigenvalue weighted by Gasteiger charge is 2.13. The molecule has 2 aromatic rings. The van der Waals surface area contributed by atoms with Gasteiger partial charge in [0.05, 0.1) is 4.88 Å². The van der Waals surface area contributed by atoms with Crippen LogP contribution in [-0.2, 0) is 13.0 Å². The van der Waals surface area contributed by atoms with Crippen LogP contribution in [0, 0.1) is 0 Å².